The molecule has 25 heavy (non-hydrogen) atoms. The van der Waals surface area contributed by atoms with Crippen molar-refractivity contribution in [2.24, 2.45) is 0 Å². The third-order valence-corrected chi connectivity index (χ3v) is 4.48. The van der Waals surface area contributed by atoms with E-state index < -0.39 is 6.09 Å². The van der Waals surface area contributed by atoms with E-state index in [0.717, 1.165) is 32.6 Å². The van der Waals surface area contributed by atoms with Crippen LogP contribution >= 0.6 is 15.9 Å². The number of benzene rings is 2. The molecular formula is C19H17BrN2O3. The van der Waals surface area contributed by atoms with Gasteiger partial charge in [-0.1, -0.05) is 28.1 Å². The molecule has 0 N–H and O–H groups in total. The maximum atomic E-state index is 12.2. The lowest BCUT2D eigenvalue weighted by Crippen LogP contribution is -2.14. The number of aromatic nitrogens is 2. The number of nitrogens with zero attached hydrogens (tertiary/aromatic N) is 2. The molecule has 3 aromatic rings. The summed E-state index contributed by atoms with van der Waals surface area (Å²) >= 11 is 3.43. The standard InChI is InChI=1S/C19H17BrN2O3/c1-12-17(13-4-8-15(20)9-5-13)21-22(19(23)25-3)18(12)14-6-10-16(24-2)11-7-14/h4-11H,1-3H3. The zero-order valence-corrected chi connectivity index (χ0v) is 15.7. The van der Waals surface area contributed by atoms with Gasteiger partial charge in [0.15, 0.2) is 0 Å². The Kier molecular flexibility index (Phi) is 4.90. The second-order valence-electron chi connectivity index (χ2n) is 5.44. The van der Waals surface area contributed by atoms with Gasteiger partial charge in [0.1, 0.15) is 5.75 Å². The molecule has 0 fully saturated rings. The van der Waals surface area contributed by atoms with Crippen molar-refractivity contribution in [1.29, 1.82) is 0 Å². The Balaban J connectivity index is 2.18. The summed E-state index contributed by atoms with van der Waals surface area (Å²) in [5, 5.41) is 4.49. The first kappa shape index (κ1) is 17.2. The van der Waals surface area contributed by atoms with Gasteiger partial charge >= 0.3 is 6.09 Å². The van der Waals surface area contributed by atoms with Gasteiger partial charge in [-0.15, -0.1) is 0 Å². The van der Waals surface area contributed by atoms with Crippen molar-refractivity contribution in [2.75, 3.05) is 14.2 Å². The molecule has 0 saturated carbocycles. The Bertz CT molecular complexity index is 900. The first-order chi connectivity index (χ1) is 12.0. The summed E-state index contributed by atoms with van der Waals surface area (Å²) in [4.78, 5) is 12.2. The lowest BCUT2D eigenvalue weighted by molar-refractivity contribution is 0.169. The molecule has 0 spiro atoms. The van der Waals surface area contributed by atoms with Crippen molar-refractivity contribution in [2.45, 2.75) is 6.92 Å². The molecule has 5 nitrogen and oxygen atoms in total. The Hall–Kier alpha value is -2.60. The minimum absolute atomic E-state index is 0.530. The van der Waals surface area contributed by atoms with Gasteiger partial charge in [-0.05, 0) is 43.3 Å². The summed E-state index contributed by atoms with van der Waals surface area (Å²) in [5.74, 6) is 0.749. The fourth-order valence-corrected chi connectivity index (χ4v) is 2.95. The van der Waals surface area contributed by atoms with Crippen LogP contribution in [0.25, 0.3) is 22.5 Å². The van der Waals surface area contributed by atoms with E-state index in [2.05, 4.69) is 21.0 Å². The van der Waals surface area contributed by atoms with E-state index in [1.165, 1.54) is 11.8 Å². The van der Waals surface area contributed by atoms with Crippen molar-refractivity contribution in [3.05, 3.63) is 58.6 Å². The third-order valence-electron chi connectivity index (χ3n) is 3.95. The molecule has 0 amide bonds. The number of hydrogen-bond acceptors (Lipinski definition) is 4. The Labute approximate surface area is 154 Å². The van der Waals surface area contributed by atoms with Crippen LogP contribution in [-0.2, 0) is 4.74 Å². The highest BCUT2D eigenvalue weighted by molar-refractivity contribution is 9.10. The summed E-state index contributed by atoms with van der Waals surface area (Å²) in [5.41, 5.74) is 4.13. The summed E-state index contributed by atoms with van der Waals surface area (Å²) in [6, 6.07) is 15.3. The highest BCUT2D eigenvalue weighted by atomic mass is 79.9. The smallest absolute Gasteiger partial charge is 0.435 e. The van der Waals surface area contributed by atoms with Gasteiger partial charge in [-0.3, -0.25) is 0 Å². The predicted molar refractivity (Wildman–Crippen MR) is 99.9 cm³/mol. The van der Waals surface area contributed by atoms with Crippen molar-refractivity contribution < 1.29 is 14.3 Å². The summed E-state index contributed by atoms with van der Waals surface area (Å²) in [6.07, 6.45) is -0.530. The summed E-state index contributed by atoms with van der Waals surface area (Å²) < 4.78 is 12.4. The van der Waals surface area contributed by atoms with Crippen molar-refractivity contribution in [3.63, 3.8) is 0 Å². The Morgan fingerprint density at radius 2 is 1.60 bits per heavy atom. The molecule has 1 heterocycles. The topological polar surface area (TPSA) is 53.4 Å². The average molecular weight is 401 g/mol. The van der Waals surface area contributed by atoms with E-state index in [9.17, 15) is 4.79 Å². The van der Waals surface area contributed by atoms with E-state index in [4.69, 9.17) is 9.47 Å². The molecule has 0 saturated heterocycles. The van der Waals surface area contributed by atoms with Gasteiger partial charge in [0, 0.05) is 21.2 Å². The number of methoxy groups -OCH3 is 2. The van der Waals surface area contributed by atoms with Gasteiger partial charge in [0.25, 0.3) is 0 Å². The molecule has 2 aromatic carbocycles. The van der Waals surface area contributed by atoms with E-state index >= 15 is 0 Å². The molecule has 0 aliphatic heterocycles. The maximum Gasteiger partial charge on any atom is 0.435 e. The van der Waals surface area contributed by atoms with Crippen LogP contribution in [0.5, 0.6) is 5.75 Å². The van der Waals surface area contributed by atoms with Gasteiger partial charge in [-0.2, -0.15) is 9.78 Å². The maximum absolute atomic E-state index is 12.2. The number of ether oxygens (including phenoxy) is 2. The highest BCUT2D eigenvalue weighted by Crippen LogP contribution is 2.33. The number of carbonyl (C=O) groups excluding carboxylic acids is 1. The van der Waals surface area contributed by atoms with E-state index in [0.29, 0.717) is 5.69 Å². The fourth-order valence-electron chi connectivity index (χ4n) is 2.68. The molecule has 128 valence electrons. The van der Waals surface area contributed by atoms with Crippen LogP contribution in [0.15, 0.2) is 53.0 Å². The van der Waals surface area contributed by atoms with E-state index in [1.54, 1.807) is 7.11 Å². The van der Waals surface area contributed by atoms with E-state index in [1.807, 2.05) is 55.5 Å². The molecule has 0 atom stereocenters. The van der Waals surface area contributed by atoms with Crippen LogP contribution in [0.4, 0.5) is 4.79 Å². The quantitative estimate of drug-likeness (QED) is 0.626. The van der Waals surface area contributed by atoms with Gasteiger partial charge in [0.05, 0.1) is 25.6 Å². The van der Waals surface area contributed by atoms with Gasteiger partial charge < -0.3 is 9.47 Å². The first-order valence-corrected chi connectivity index (χ1v) is 8.42. The van der Waals surface area contributed by atoms with Crippen LogP contribution in [0.3, 0.4) is 0 Å². The minimum atomic E-state index is -0.530. The van der Waals surface area contributed by atoms with Crippen LogP contribution in [0.2, 0.25) is 0 Å². The lowest BCUT2D eigenvalue weighted by Gasteiger charge is -2.07. The zero-order valence-electron chi connectivity index (χ0n) is 14.1. The molecule has 1 aromatic heterocycles. The third kappa shape index (κ3) is 3.30. The largest absolute Gasteiger partial charge is 0.497 e. The van der Waals surface area contributed by atoms with Crippen molar-refractivity contribution >= 4 is 22.0 Å². The lowest BCUT2D eigenvalue weighted by atomic mass is 10.0. The second kappa shape index (κ2) is 7.11. The number of hydrogen-bond donors (Lipinski definition) is 0. The van der Waals surface area contributed by atoms with E-state index in [-0.39, 0.29) is 0 Å². The van der Waals surface area contributed by atoms with Crippen molar-refractivity contribution in [1.82, 2.24) is 9.78 Å². The zero-order chi connectivity index (χ0) is 18.0. The number of carbonyl (C=O) groups is 1. The minimum Gasteiger partial charge on any atom is -0.497 e. The first-order valence-electron chi connectivity index (χ1n) is 7.63. The fraction of sp³-hybridized carbons (Fsp3) is 0.158. The highest BCUT2D eigenvalue weighted by Gasteiger charge is 2.21. The monoisotopic (exact) mass is 400 g/mol. The SMILES string of the molecule is COC(=O)n1nc(-c2ccc(Br)cc2)c(C)c1-c1ccc(OC)cc1. The van der Waals surface area contributed by atoms with Crippen LogP contribution < -0.4 is 4.74 Å². The molecule has 3 rings (SSSR count). The second-order valence-corrected chi connectivity index (χ2v) is 6.36. The molecule has 0 bridgehead atoms. The molecule has 0 unspecified atom stereocenters. The van der Waals surface area contributed by atoms with Crippen LogP contribution in [-0.4, -0.2) is 30.1 Å². The Morgan fingerprint density at radius 1 is 1.00 bits per heavy atom. The van der Waals surface area contributed by atoms with Gasteiger partial charge in [0.2, 0.25) is 0 Å². The molecule has 6 heteroatoms. The molecule has 0 radical (unpaired) electrons. The van der Waals surface area contributed by atoms with Gasteiger partial charge in [-0.25, -0.2) is 4.79 Å². The summed E-state index contributed by atoms with van der Waals surface area (Å²) in [7, 11) is 2.96. The number of rotatable bonds is 3. The Morgan fingerprint density at radius 3 is 2.16 bits per heavy atom. The van der Waals surface area contributed by atoms with Crippen LogP contribution in [0.1, 0.15) is 5.56 Å². The molecular weight excluding hydrogens is 384 g/mol. The van der Waals surface area contributed by atoms with Crippen LogP contribution in [0, 0.1) is 6.92 Å². The van der Waals surface area contributed by atoms with Crippen molar-refractivity contribution in [3.8, 4) is 28.3 Å². The summed E-state index contributed by atoms with van der Waals surface area (Å²) in [6.45, 7) is 1.95. The number of halogens is 1. The molecule has 0 aliphatic rings. The normalized spacial score (nSPS) is 10.6. The molecule has 0 aliphatic carbocycles. The average Bonchev–Trinajstić information content (AvgIpc) is 2.99. The predicted octanol–water partition coefficient (Wildman–Crippen LogP) is 4.91.